The van der Waals surface area contributed by atoms with Crippen molar-refractivity contribution in [2.45, 2.75) is 60.8 Å². The summed E-state index contributed by atoms with van der Waals surface area (Å²) < 4.78 is 4.86. The quantitative estimate of drug-likeness (QED) is 0.367. The maximum atomic E-state index is 10.7. The van der Waals surface area contributed by atoms with Crippen LogP contribution in [0.25, 0.3) is 0 Å². The van der Waals surface area contributed by atoms with Gasteiger partial charge in [0.15, 0.2) is 0 Å². The van der Waals surface area contributed by atoms with E-state index in [0.717, 1.165) is 17.6 Å². The van der Waals surface area contributed by atoms with E-state index >= 15 is 0 Å². The molecule has 1 rings (SSSR count). The molecule has 0 aromatic carbocycles. The fourth-order valence-electron chi connectivity index (χ4n) is 3.00. The summed E-state index contributed by atoms with van der Waals surface area (Å²) >= 11 is 0. The van der Waals surface area contributed by atoms with Crippen LogP contribution in [0.1, 0.15) is 60.8 Å². The van der Waals surface area contributed by atoms with E-state index in [4.69, 9.17) is 4.74 Å². The molecule has 0 aromatic heterocycles. The van der Waals surface area contributed by atoms with Crippen LogP contribution in [-0.2, 0) is 9.53 Å². The van der Waals surface area contributed by atoms with E-state index in [0.29, 0.717) is 0 Å². The van der Waals surface area contributed by atoms with E-state index in [-0.39, 0.29) is 23.8 Å². The summed E-state index contributed by atoms with van der Waals surface area (Å²) in [5.74, 6) is -0.0599. The van der Waals surface area contributed by atoms with Gasteiger partial charge in [0.1, 0.15) is 12.4 Å². The second-order valence-electron chi connectivity index (χ2n) is 7.42. The largest absolute Gasteiger partial charge is 0.508 e. The third-order valence-corrected chi connectivity index (χ3v) is 4.64. The van der Waals surface area contributed by atoms with Crippen molar-refractivity contribution in [2.75, 3.05) is 6.61 Å². The van der Waals surface area contributed by atoms with Gasteiger partial charge >= 0.3 is 5.97 Å². The standard InChI is InChI=1S/C22H32O3/c1-16(13-15-25-19(4)23)9-12-21(24)18(3)10-11-20-17(2)8-7-14-22(20,5)6/h9-13,24H,7-8,14-15H2,1-6H3/b11-10?,12-9-,16-13-,21-18?. The molecule has 0 unspecified atom stereocenters. The van der Waals surface area contributed by atoms with Gasteiger partial charge in [0, 0.05) is 6.92 Å². The second kappa shape index (κ2) is 9.45. The van der Waals surface area contributed by atoms with Crippen molar-refractivity contribution in [3.8, 4) is 0 Å². The topological polar surface area (TPSA) is 46.5 Å². The van der Waals surface area contributed by atoms with E-state index in [1.54, 1.807) is 12.2 Å². The van der Waals surface area contributed by atoms with Crippen molar-refractivity contribution < 1.29 is 14.6 Å². The zero-order valence-corrected chi connectivity index (χ0v) is 16.5. The minimum Gasteiger partial charge on any atom is -0.508 e. The van der Waals surface area contributed by atoms with Crippen LogP contribution in [-0.4, -0.2) is 17.7 Å². The van der Waals surface area contributed by atoms with Crippen molar-refractivity contribution in [1.29, 1.82) is 0 Å². The molecule has 0 radical (unpaired) electrons. The molecule has 1 N–H and O–H groups in total. The van der Waals surface area contributed by atoms with Crippen molar-refractivity contribution >= 4 is 5.97 Å². The number of allylic oxidation sites excluding steroid dienone is 8. The number of aliphatic hydroxyl groups excluding tert-OH is 1. The highest BCUT2D eigenvalue weighted by Crippen LogP contribution is 2.40. The first kappa shape index (κ1) is 21.0. The van der Waals surface area contributed by atoms with E-state index in [2.05, 4.69) is 26.8 Å². The van der Waals surface area contributed by atoms with Crippen LogP contribution in [0, 0.1) is 5.41 Å². The molecular formula is C22H32O3. The summed E-state index contributed by atoms with van der Waals surface area (Å²) in [7, 11) is 0. The van der Waals surface area contributed by atoms with Crippen LogP contribution in [0.4, 0.5) is 0 Å². The first-order valence-corrected chi connectivity index (χ1v) is 8.90. The Bertz CT molecular complexity index is 640. The van der Waals surface area contributed by atoms with Gasteiger partial charge in [-0.1, -0.05) is 43.2 Å². The molecule has 0 aromatic rings. The Hall–Kier alpha value is -2.03. The minimum atomic E-state index is -0.299. The molecule has 0 atom stereocenters. The van der Waals surface area contributed by atoms with Gasteiger partial charge in [0.2, 0.25) is 0 Å². The third-order valence-electron chi connectivity index (χ3n) is 4.64. The molecule has 0 spiro atoms. The lowest BCUT2D eigenvalue weighted by Gasteiger charge is -2.32. The van der Waals surface area contributed by atoms with Gasteiger partial charge in [0.25, 0.3) is 0 Å². The summed E-state index contributed by atoms with van der Waals surface area (Å²) in [6.45, 7) is 12.2. The van der Waals surface area contributed by atoms with E-state index < -0.39 is 0 Å². The Balaban J connectivity index is 2.81. The highest BCUT2D eigenvalue weighted by atomic mass is 16.5. The van der Waals surface area contributed by atoms with Gasteiger partial charge in [-0.15, -0.1) is 0 Å². The van der Waals surface area contributed by atoms with E-state index in [1.807, 2.05) is 26.0 Å². The lowest BCUT2D eigenvalue weighted by molar-refractivity contribution is -0.139. The first-order valence-electron chi connectivity index (χ1n) is 8.90. The van der Waals surface area contributed by atoms with Crippen LogP contribution in [0.15, 0.2) is 58.4 Å². The minimum absolute atomic E-state index is 0.195. The number of esters is 1. The van der Waals surface area contributed by atoms with Gasteiger partial charge in [-0.3, -0.25) is 4.79 Å². The van der Waals surface area contributed by atoms with Crippen molar-refractivity contribution in [1.82, 2.24) is 0 Å². The van der Waals surface area contributed by atoms with Crippen LogP contribution >= 0.6 is 0 Å². The zero-order valence-electron chi connectivity index (χ0n) is 16.5. The monoisotopic (exact) mass is 344 g/mol. The Morgan fingerprint density at radius 3 is 2.48 bits per heavy atom. The van der Waals surface area contributed by atoms with Crippen LogP contribution < -0.4 is 0 Å². The first-order chi connectivity index (χ1) is 11.6. The summed E-state index contributed by atoms with van der Waals surface area (Å²) in [5.41, 5.74) is 4.77. The third kappa shape index (κ3) is 7.16. The maximum absolute atomic E-state index is 10.7. The molecule has 0 aliphatic heterocycles. The second-order valence-corrected chi connectivity index (χ2v) is 7.42. The fourth-order valence-corrected chi connectivity index (χ4v) is 3.00. The number of rotatable bonds is 6. The molecule has 1 aliphatic rings. The maximum Gasteiger partial charge on any atom is 0.302 e. The molecule has 0 fully saturated rings. The zero-order chi connectivity index (χ0) is 19.0. The predicted molar refractivity (Wildman–Crippen MR) is 104 cm³/mol. The Morgan fingerprint density at radius 1 is 1.20 bits per heavy atom. The number of ether oxygens (including phenoxy) is 1. The van der Waals surface area contributed by atoms with Crippen LogP contribution in [0.5, 0.6) is 0 Å². The molecule has 0 saturated heterocycles. The highest BCUT2D eigenvalue weighted by Gasteiger charge is 2.26. The van der Waals surface area contributed by atoms with Crippen molar-refractivity contribution in [3.05, 3.63) is 58.4 Å². The fraction of sp³-hybridized carbons (Fsp3) is 0.500. The summed E-state index contributed by atoms with van der Waals surface area (Å²) in [4.78, 5) is 10.7. The molecule has 0 bridgehead atoms. The van der Waals surface area contributed by atoms with Crippen molar-refractivity contribution in [2.24, 2.45) is 5.41 Å². The molecule has 3 nitrogen and oxygen atoms in total. The number of carbonyl (C=O) groups is 1. The van der Waals surface area contributed by atoms with Gasteiger partial charge in [-0.05, 0) is 68.7 Å². The van der Waals surface area contributed by atoms with Gasteiger partial charge in [-0.25, -0.2) is 0 Å². The summed E-state index contributed by atoms with van der Waals surface area (Å²) in [5, 5.41) is 10.2. The van der Waals surface area contributed by atoms with Crippen LogP contribution in [0.2, 0.25) is 0 Å². The van der Waals surface area contributed by atoms with E-state index in [9.17, 15) is 9.90 Å². The van der Waals surface area contributed by atoms with Gasteiger partial charge in [0.05, 0.1) is 0 Å². The average Bonchev–Trinajstić information content (AvgIpc) is 2.50. The average molecular weight is 344 g/mol. The molecule has 3 heteroatoms. The molecule has 138 valence electrons. The molecule has 0 saturated carbocycles. The number of aliphatic hydroxyl groups is 1. The van der Waals surface area contributed by atoms with E-state index in [1.165, 1.54) is 30.9 Å². The normalized spacial score (nSPS) is 19.5. The smallest absolute Gasteiger partial charge is 0.302 e. The van der Waals surface area contributed by atoms with Gasteiger partial charge in [-0.2, -0.15) is 0 Å². The molecule has 0 heterocycles. The summed E-state index contributed by atoms with van der Waals surface area (Å²) in [6.07, 6.45) is 13.0. The summed E-state index contributed by atoms with van der Waals surface area (Å²) in [6, 6.07) is 0. The van der Waals surface area contributed by atoms with Gasteiger partial charge < -0.3 is 9.84 Å². The molecule has 25 heavy (non-hydrogen) atoms. The molecule has 0 amide bonds. The Labute approximate surface area is 152 Å². The lowest BCUT2D eigenvalue weighted by atomic mass is 9.72. The van der Waals surface area contributed by atoms with Crippen LogP contribution in [0.3, 0.4) is 0 Å². The SMILES string of the molecule is CC(=O)OC/C=C(C)\C=C/C(O)=C(C)C=CC1=C(C)CCCC1(C)C. The molecule has 1 aliphatic carbocycles. The number of hydrogen-bond acceptors (Lipinski definition) is 3. The number of hydrogen-bond donors (Lipinski definition) is 1. The van der Waals surface area contributed by atoms with Crippen molar-refractivity contribution in [3.63, 3.8) is 0 Å². The highest BCUT2D eigenvalue weighted by molar-refractivity contribution is 5.66. The Morgan fingerprint density at radius 2 is 1.88 bits per heavy atom. The number of carbonyl (C=O) groups excluding carboxylic acids is 1. The predicted octanol–water partition coefficient (Wildman–Crippen LogP) is 5.97. The Kier molecular flexibility index (Phi) is 7.95. The molecular weight excluding hydrogens is 312 g/mol. The lowest BCUT2D eigenvalue weighted by Crippen LogP contribution is -2.19.